The topological polar surface area (TPSA) is 118 Å². The Labute approximate surface area is 192 Å². The quantitative estimate of drug-likeness (QED) is 0.575. The number of likely N-dealkylation sites (tertiary alicyclic amines) is 1. The summed E-state index contributed by atoms with van der Waals surface area (Å²) in [5.74, 6) is -0.390. The lowest BCUT2D eigenvalue weighted by atomic mass is 10.1. The molecule has 2 saturated heterocycles. The van der Waals surface area contributed by atoms with Crippen LogP contribution in [0.15, 0.2) is 34.1 Å². The normalized spacial score (nSPS) is 17.6. The second-order valence-corrected chi connectivity index (χ2v) is 10.2. The molecule has 0 atom stereocenters. The molecule has 1 aromatic carbocycles. The molecule has 1 aromatic heterocycles. The predicted molar refractivity (Wildman–Crippen MR) is 122 cm³/mol. The van der Waals surface area contributed by atoms with Crippen LogP contribution in [0, 0.1) is 0 Å². The zero-order chi connectivity index (χ0) is 23.6. The molecule has 2 aliphatic heterocycles. The SMILES string of the molecule is Cn1cc(C(=O)NCCCN2CCCC2=O)c(=O)c2cc(S(=O)(=O)N3CCOCC3)ccc21. The van der Waals surface area contributed by atoms with E-state index in [0.717, 1.165) is 13.0 Å². The van der Waals surface area contributed by atoms with Crippen molar-refractivity contribution in [2.75, 3.05) is 45.9 Å². The molecule has 1 N–H and O–H groups in total. The number of carbonyl (C=O) groups is 2. The fourth-order valence-corrected chi connectivity index (χ4v) is 5.67. The van der Waals surface area contributed by atoms with E-state index in [-0.39, 0.29) is 34.8 Å². The average molecular weight is 477 g/mol. The standard InChI is InChI=1S/C22H28N4O6S/c1-24-15-18(22(29)23-7-3-9-25-8-2-4-20(25)27)21(28)17-14-16(5-6-19(17)24)33(30,31)26-10-12-32-13-11-26/h5-6,14-15H,2-4,7-13H2,1H3,(H,23,29). The van der Waals surface area contributed by atoms with Crippen molar-refractivity contribution in [2.45, 2.75) is 24.2 Å². The first-order valence-electron chi connectivity index (χ1n) is 11.1. The number of amides is 2. The van der Waals surface area contributed by atoms with Crippen LogP contribution in [0.4, 0.5) is 0 Å². The van der Waals surface area contributed by atoms with E-state index in [2.05, 4.69) is 5.32 Å². The summed E-state index contributed by atoms with van der Waals surface area (Å²) < 4.78 is 34.2. The Balaban J connectivity index is 1.54. The Bertz CT molecular complexity index is 1230. The van der Waals surface area contributed by atoms with E-state index < -0.39 is 21.4 Å². The van der Waals surface area contributed by atoms with E-state index in [9.17, 15) is 22.8 Å². The maximum atomic E-state index is 13.1. The highest BCUT2D eigenvalue weighted by Crippen LogP contribution is 2.21. The fraction of sp³-hybridized carbons (Fsp3) is 0.500. The van der Waals surface area contributed by atoms with Crippen molar-refractivity contribution in [1.82, 2.24) is 19.1 Å². The molecule has 2 amide bonds. The number of fused-ring (bicyclic) bond motifs is 1. The van der Waals surface area contributed by atoms with E-state index in [0.29, 0.717) is 44.7 Å². The van der Waals surface area contributed by atoms with Crippen LogP contribution >= 0.6 is 0 Å². The molecule has 4 rings (SSSR count). The Hall–Kier alpha value is -2.76. The van der Waals surface area contributed by atoms with Gasteiger partial charge in [-0.05, 0) is 31.0 Å². The van der Waals surface area contributed by atoms with Crippen LogP contribution in [-0.2, 0) is 26.6 Å². The molecular formula is C22H28N4O6S. The lowest BCUT2D eigenvalue weighted by molar-refractivity contribution is -0.127. The first kappa shape index (κ1) is 23.4. The predicted octanol–water partition coefficient (Wildman–Crippen LogP) is 0.302. The van der Waals surface area contributed by atoms with Crippen molar-refractivity contribution in [1.29, 1.82) is 0 Å². The van der Waals surface area contributed by atoms with Crippen LogP contribution < -0.4 is 10.7 Å². The third-order valence-electron chi connectivity index (χ3n) is 6.07. The highest BCUT2D eigenvalue weighted by Gasteiger charge is 2.27. The molecule has 2 aromatic rings. The molecule has 0 radical (unpaired) electrons. The minimum atomic E-state index is -3.77. The van der Waals surface area contributed by atoms with Crippen LogP contribution in [0.5, 0.6) is 0 Å². The smallest absolute Gasteiger partial charge is 0.256 e. The molecule has 0 bridgehead atoms. The molecule has 3 heterocycles. The average Bonchev–Trinajstić information content (AvgIpc) is 3.23. The van der Waals surface area contributed by atoms with Crippen molar-refractivity contribution in [3.05, 3.63) is 40.2 Å². The van der Waals surface area contributed by atoms with Crippen LogP contribution in [0.25, 0.3) is 10.9 Å². The number of morpholine rings is 1. The molecule has 10 nitrogen and oxygen atoms in total. The number of benzene rings is 1. The highest BCUT2D eigenvalue weighted by atomic mass is 32.2. The van der Waals surface area contributed by atoms with Crippen LogP contribution in [0.2, 0.25) is 0 Å². The number of rotatable bonds is 7. The van der Waals surface area contributed by atoms with Gasteiger partial charge < -0.3 is 19.5 Å². The van der Waals surface area contributed by atoms with Crippen molar-refractivity contribution in [3.63, 3.8) is 0 Å². The summed E-state index contributed by atoms with van der Waals surface area (Å²) in [7, 11) is -2.07. The maximum Gasteiger partial charge on any atom is 0.256 e. The number of sulfonamides is 1. The van der Waals surface area contributed by atoms with Gasteiger partial charge in [-0.1, -0.05) is 0 Å². The van der Waals surface area contributed by atoms with E-state index in [4.69, 9.17) is 4.74 Å². The van der Waals surface area contributed by atoms with E-state index in [1.54, 1.807) is 22.6 Å². The van der Waals surface area contributed by atoms with Crippen molar-refractivity contribution in [2.24, 2.45) is 7.05 Å². The summed E-state index contributed by atoms with van der Waals surface area (Å²) >= 11 is 0. The molecule has 0 aliphatic carbocycles. The third-order valence-corrected chi connectivity index (χ3v) is 7.97. The summed E-state index contributed by atoms with van der Waals surface area (Å²) in [5, 5.41) is 2.91. The molecular weight excluding hydrogens is 448 g/mol. The van der Waals surface area contributed by atoms with Gasteiger partial charge in [0.05, 0.1) is 23.6 Å². The zero-order valence-corrected chi connectivity index (χ0v) is 19.4. The van der Waals surface area contributed by atoms with Gasteiger partial charge in [0, 0.05) is 57.8 Å². The van der Waals surface area contributed by atoms with Crippen molar-refractivity contribution >= 4 is 32.7 Å². The van der Waals surface area contributed by atoms with E-state index in [1.807, 2.05) is 0 Å². The minimum absolute atomic E-state index is 0.0156. The Morgan fingerprint density at radius 2 is 1.91 bits per heavy atom. The number of nitrogens with one attached hydrogen (secondary N) is 1. The number of aryl methyl sites for hydroxylation is 1. The van der Waals surface area contributed by atoms with Gasteiger partial charge in [-0.25, -0.2) is 8.42 Å². The summed E-state index contributed by atoms with van der Waals surface area (Å²) in [6, 6.07) is 4.41. The number of hydrogen-bond donors (Lipinski definition) is 1. The molecule has 0 saturated carbocycles. The second kappa shape index (κ2) is 9.62. The Morgan fingerprint density at radius 1 is 1.15 bits per heavy atom. The molecule has 33 heavy (non-hydrogen) atoms. The molecule has 2 aliphatic rings. The summed E-state index contributed by atoms with van der Waals surface area (Å²) in [6.07, 6.45) is 3.48. The Morgan fingerprint density at radius 3 is 2.61 bits per heavy atom. The molecule has 11 heteroatoms. The number of hydrogen-bond acceptors (Lipinski definition) is 6. The lowest BCUT2D eigenvalue weighted by Crippen LogP contribution is -2.40. The molecule has 178 valence electrons. The van der Waals surface area contributed by atoms with Crippen molar-refractivity contribution in [3.8, 4) is 0 Å². The Kier molecular flexibility index (Phi) is 6.82. The van der Waals surface area contributed by atoms with Crippen LogP contribution in [0.3, 0.4) is 0 Å². The number of carbonyl (C=O) groups excluding carboxylic acids is 2. The molecule has 2 fully saturated rings. The molecule has 0 unspecified atom stereocenters. The number of pyridine rings is 1. The van der Waals surface area contributed by atoms with Gasteiger partial charge in [0.1, 0.15) is 5.56 Å². The van der Waals surface area contributed by atoms with Gasteiger partial charge in [0.2, 0.25) is 21.4 Å². The van der Waals surface area contributed by atoms with Gasteiger partial charge in [-0.3, -0.25) is 14.4 Å². The first-order chi connectivity index (χ1) is 15.8. The number of aromatic nitrogens is 1. The van der Waals surface area contributed by atoms with Gasteiger partial charge >= 0.3 is 0 Å². The minimum Gasteiger partial charge on any atom is -0.379 e. The molecule has 0 spiro atoms. The fourth-order valence-electron chi connectivity index (χ4n) is 4.24. The van der Waals surface area contributed by atoms with E-state index >= 15 is 0 Å². The maximum absolute atomic E-state index is 13.1. The number of ether oxygens (including phenoxy) is 1. The van der Waals surface area contributed by atoms with Gasteiger partial charge in [-0.15, -0.1) is 0 Å². The zero-order valence-electron chi connectivity index (χ0n) is 18.6. The van der Waals surface area contributed by atoms with E-state index in [1.165, 1.54) is 22.6 Å². The number of nitrogens with zero attached hydrogens (tertiary/aromatic N) is 3. The summed E-state index contributed by atoms with van der Waals surface area (Å²) in [6.45, 7) is 2.80. The van der Waals surface area contributed by atoms with Gasteiger partial charge in [-0.2, -0.15) is 4.31 Å². The van der Waals surface area contributed by atoms with Gasteiger partial charge in [0.15, 0.2) is 0 Å². The lowest BCUT2D eigenvalue weighted by Gasteiger charge is -2.26. The largest absolute Gasteiger partial charge is 0.379 e. The highest BCUT2D eigenvalue weighted by molar-refractivity contribution is 7.89. The third kappa shape index (κ3) is 4.80. The van der Waals surface area contributed by atoms with Crippen molar-refractivity contribution < 1.29 is 22.7 Å². The van der Waals surface area contributed by atoms with Gasteiger partial charge in [0.25, 0.3) is 5.91 Å². The van der Waals surface area contributed by atoms with Crippen LogP contribution in [0.1, 0.15) is 29.6 Å². The monoisotopic (exact) mass is 476 g/mol. The second-order valence-electron chi connectivity index (χ2n) is 8.27. The summed E-state index contributed by atoms with van der Waals surface area (Å²) in [5.41, 5.74) is -0.0393. The summed E-state index contributed by atoms with van der Waals surface area (Å²) in [4.78, 5) is 39.3. The first-order valence-corrected chi connectivity index (χ1v) is 12.5. The van der Waals surface area contributed by atoms with Crippen LogP contribution in [-0.4, -0.2) is 79.9 Å².